The summed E-state index contributed by atoms with van der Waals surface area (Å²) in [5.41, 5.74) is 0.398. The van der Waals surface area contributed by atoms with Gasteiger partial charge in [0.25, 0.3) is 0 Å². The molecule has 4 N–H and O–H groups in total. The normalized spacial score (nSPS) is 11.7. The number of esters is 1. The van der Waals surface area contributed by atoms with Gasteiger partial charge in [-0.1, -0.05) is 7.43 Å². The molecule has 2 aromatic heterocycles. The van der Waals surface area contributed by atoms with Crippen LogP contribution in [-0.2, 0) is 29.5 Å². The van der Waals surface area contributed by atoms with Crippen molar-refractivity contribution in [2.75, 3.05) is 42.3 Å². The van der Waals surface area contributed by atoms with Crippen molar-refractivity contribution < 1.29 is 65.3 Å². The van der Waals surface area contributed by atoms with E-state index in [4.69, 9.17) is 9.84 Å². The van der Waals surface area contributed by atoms with Crippen LogP contribution in [0.5, 0.6) is 0 Å². The van der Waals surface area contributed by atoms with Crippen molar-refractivity contribution in [3.8, 4) is 0 Å². The van der Waals surface area contributed by atoms with Gasteiger partial charge in [-0.05, 0) is 38.8 Å². The van der Waals surface area contributed by atoms with Gasteiger partial charge in [0.05, 0.1) is 31.0 Å². The summed E-state index contributed by atoms with van der Waals surface area (Å²) < 4.78 is 57.7. The number of nitrogens with one attached hydrogen (secondary N) is 2. The van der Waals surface area contributed by atoms with Crippen LogP contribution in [0.25, 0.3) is 0 Å². The minimum Gasteiger partial charge on any atom is -0.870 e. The average molecular weight is 612 g/mol. The first-order chi connectivity index (χ1) is 15.6. The fourth-order valence-corrected chi connectivity index (χ4v) is 5.43. The third-order valence-corrected chi connectivity index (χ3v) is 6.94. The first-order valence-corrected chi connectivity index (χ1v) is 15.1. The molecule has 3 heterocycles. The number of carbonyl (C=O) groups excluding carboxylic acids is 1. The molecule has 0 aliphatic carbocycles. The van der Waals surface area contributed by atoms with E-state index in [0.717, 1.165) is 46.8 Å². The second kappa shape index (κ2) is 19.4. The van der Waals surface area contributed by atoms with Crippen molar-refractivity contribution >= 4 is 66.0 Å². The van der Waals surface area contributed by atoms with Crippen LogP contribution in [0.1, 0.15) is 49.4 Å². The fourth-order valence-electron chi connectivity index (χ4n) is 2.49. The minimum absolute atomic E-state index is 0. The van der Waals surface area contributed by atoms with Crippen molar-refractivity contribution in [2.24, 2.45) is 0 Å². The van der Waals surface area contributed by atoms with Crippen molar-refractivity contribution in [2.45, 2.75) is 34.1 Å². The molecule has 216 valence electrons. The number of hydrogen-bond acceptors (Lipinski definition) is 11. The van der Waals surface area contributed by atoms with Gasteiger partial charge in [0.1, 0.15) is 9.75 Å². The van der Waals surface area contributed by atoms with E-state index in [9.17, 15) is 26.4 Å². The van der Waals surface area contributed by atoms with E-state index in [-0.39, 0.29) is 60.3 Å². The number of ether oxygens (including phenoxy) is 2. The summed E-state index contributed by atoms with van der Waals surface area (Å²) in [6.45, 7) is 5.50. The van der Waals surface area contributed by atoms with Crippen LogP contribution in [-0.4, -0.2) is 72.2 Å². The number of hydrogen-bond donors (Lipinski definition) is 3. The van der Waals surface area contributed by atoms with Crippen molar-refractivity contribution in [3.63, 3.8) is 0 Å². The van der Waals surface area contributed by atoms with Gasteiger partial charge in [-0.3, -0.25) is 9.44 Å². The molecule has 1 aliphatic heterocycles. The first kappa shape index (κ1) is 43.4. The zero-order valence-electron chi connectivity index (χ0n) is 21.8. The van der Waals surface area contributed by atoms with Crippen molar-refractivity contribution in [1.29, 1.82) is 0 Å². The number of aryl methyl sites for hydroxylation is 2. The summed E-state index contributed by atoms with van der Waals surface area (Å²) in [4.78, 5) is 23.8. The summed E-state index contributed by atoms with van der Waals surface area (Å²) in [6.07, 6.45) is 4.56. The molecule has 0 saturated carbocycles. The maximum Gasteiger partial charge on any atom is 1.00 e. The van der Waals surface area contributed by atoms with Gasteiger partial charge in [-0.2, -0.15) is 0 Å². The number of aromatic carboxylic acids is 1. The van der Waals surface area contributed by atoms with Crippen LogP contribution in [0.4, 0.5) is 11.4 Å². The molecule has 12 nitrogen and oxygen atoms in total. The van der Waals surface area contributed by atoms with Gasteiger partial charge in [0, 0.05) is 23.0 Å². The number of carboxylic acid groups (broad SMARTS) is 1. The molecule has 0 atom stereocenters. The minimum atomic E-state index is -3.43. The summed E-state index contributed by atoms with van der Waals surface area (Å²) in [5, 5.41) is 8.75. The molecule has 1 saturated heterocycles. The molecule has 3 rings (SSSR count). The van der Waals surface area contributed by atoms with Gasteiger partial charge in [-0.25, -0.2) is 26.4 Å². The Hall–Kier alpha value is -1.64. The third kappa shape index (κ3) is 17.0. The Balaban J connectivity index is -0.000000236. The summed E-state index contributed by atoms with van der Waals surface area (Å²) in [7, 11) is -5.55. The van der Waals surface area contributed by atoms with Crippen LogP contribution in [0.2, 0.25) is 0 Å². The van der Waals surface area contributed by atoms with Gasteiger partial charge in [-0.15, -0.1) is 22.7 Å². The van der Waals surface area contributed by atoms with E-state index in [1.807, 2.05) is 0 Å². The zero-order valence-corrected chi connectivity index (χ0v) is 25.0. The summed E-state index contributed by atoms with van der Waals surface area (Å²) >= 11 is 2.22. The molecule has 1 fully saturated rings. The molecular formula is C21H36LiN2O10S4-. The molecule has 0 bridgehead atoms. The van der Waals surface area contributed by atoms with Crippen LogP contribution >= 0.6 is 22.7 Å². The molecule has 17 heteroatoms. The number of thiophene rings is 2. The molecular weight excluding hydrogens is 575 g/mol. The average Bonchev–Trinajstić information content (AvgIpc) is 3.42. The topological polar surface area (TPSA) is 195 Å². The molecule has 1 aliphatic rings. The van der Waals surface area contributed by atoms with Crippen molar-refractivity contribution in [1.82, 2.24) is 0 Å². The summed E-state index contributed by atoms with van der Waals surface area (Å²) in [5.74, 6) is -1.67. The molecule has 2 aromatic rings. The second-order valence-corrected chi connectivity index (χ2v) is 13.1. The monoisotopic (exact) mass is 611 g/mol. The standard InChI is InChI=1S/C8H11NO4S2.C7H9NO4S2.C4H8O.CH4.CH3.Li.H2O/c1-5-4-6(9-15(3,11)12)7(14-5)8(10)13-2;1-4-3-5(8-14(2,11)12)6(13-4)7(9)10;1-2-4-5-3-1;;;;/h4,9H,1-3H3;3,8H,1-2H3,(H,9,10);1-4H2;1H4;1H3;;1H2/q;;;;-1;+1;/p-1. The Morgan fingerprint density at radius 3 is 1.58 bits per heavy atom. The van der Waals surface area contributed by atoms with Crippen LogP contribution < -0.4 is 28.3 Å². The zero-order chi connectivity index (χ0) is 26.1. The number of rotatable bonds is 6. The smallest absolute Gasteiger partial charge is 0.870 e. The Labute approximate surface area is 245 Å². The van der Waals surface area contributed by atoms with E-state index < -0.39 is 32.0 Å². The molecule has 0 amide bonds. The Morgan fingerprint density at radius 1 is 0.921 bits per heavy atom. The first-order valence-electron chi connectivity index (χ1n) is 9.68. The second-order valence-electron chi connectivity index (χ2n) is 7.06. The molecule has 0 spiro atoms. The number of anilines is 2. The number of methoxy groups -OCH3 is 1. The predicted octanol–water partition coefficient (Wildman–Crippen LogP) is 1.05. The quantitative estimate of drug-likeness (QED) is 0.241. The fraction of sp³-hybridized carbons (Fsp3) is 0.476. The van der Waals surface area contributed by atoms with Gasteiger partial charge in [0.2, 0.25) is 20.0 Å². The largest absolute Gasteiger partial charge is 1.00 e. The van der Waals surface area contributed by atoms with Crippen LogP contribution in [0.3, 0.4) is 0 Å². The molecule has 0 unspecified atom stereocenters. The van der Waals surface area contributed by atoms with Crippen molar-refractivity contribution in [3.05, 3.63) is 39.1 Å². The number of carbonyl (C=O) groups is 2. The SMILES string of the molecule is C.C1CCOC1.COC(=O)c1sc(C)cc1NS(C)(=O)=O.Cc1cc(NS(C)(=O)=O)c(C(=O)O)s1.[CH3-].[Li+].[OH-]. The van der Waals surface area contributed by atoms with E-state index in [0.29, 0.717) is 0 Å². The Bertz CT molecular complexity index is 1200. The molecule has 0 aromatic carbocycles. The van der Waals surface area contributed by atoms with E-state index in [1.54, 1.807) is 19.9 Å². The van der Waals surface area contributed by atoms with Gasteiger partial charge < -0.3 is 27.5 Å². The Kier molecular flexibility index (Phi) is 22.2. The van der Waals surface area contributed by atoms with Crippen LogP contribution in [0, 0.1) is 21.3 Å². The predicted molar refractivity (Wildman–Crippen MR) is 148 cm³/mol. The van der Waals surface area contributed by atoms with E-state index in [1.165, 1.54) is 37.4 Å². The number of carboxylic acids is 1. The summed E-state index contributed by atoms with van der Waals surface area (Å²) in [6, 6.07) is 3.09. The maximum atomic E-state index is 11.3. The maximum absolute atomic E-state index is 11.3. The Morgan fingerprint density at radius 2 is 1.29 bits per heavy atom. The molecule has 0 radical (unpaired) electrons. The third-order valence-electron chi connectivity index (χ3n) is 3.69. The van der Waals surface area contributed by atoms with E-state index >= 15 is 0 Å². The number of sulfonamides is 2. The van der Waals surface area contributed by atoms with Gasteiger partial charge in [0.15, 0.2) is 0 Å². The van der Waals surface area contributed by atoms with E-state index in [2.05, 4.69) is 14.2 Å². The van der Waals surface area contributed by atoms with Gasteiger partial charge >= 0.3 is 30.8 Å². The molecule has 38 heavy (non-hydrogen) atoms. The van der Waals surface area contributed by atoms with Crippen LogP contribution in [0.15, 0.2) is 12.1 Å².